The van der Waals surface area contributed by atoms with Crippen LogP contribution < -0.4 is 11.5 Å². The molecule has 15 heavy (non-hydrogen) atoms. The lowest BCUT2D eigenvalue weighted by molar-refractivity contribution is -0.118. The number of unbranched alkanes of at least 4 members (excludes halogenated alkanes) is 1. The first-order valence-corrected chi connectivity index (χ1v) is 6.08. The van der Waals surface area contributed by atoms with E-state index in [9.17, 15) is 4.79 Å². The average Bonchev–Trinajstić information content (AvgIpc) is 2.59. The molecule has 0 radical (unpaired) electrons. The van der Waals surface area contributed by atoms with E-state index < -0.39 is 0 Å². The molecule has 0 aliphatic carbocycles. The number of carbonyl (C=O) groups is 1. The Hall–Kier alpha value is -0.580. The molecule has 1 aromatic rings. The molecule has 1 amide bonds. The van der Waals surface area contributed by atoms with E-state index in [0.717, 1.165) is 28.5 Å². The summed E-state index contributed by atoms with van der Waals surface area (Å²) in [6.45, 7) is 0. The van der Waals surface area contributed by atoms with E-state index >= 15 is 0 Å². The Balaban J connectivity index is 2.24. The van der Waals surface area contributed by atoms with Crippen LogP contribution >= 0.6 is 22.9 Å². The first-order valence-electron chi connectivity index (χ1n) is 4.88. The molecule has 1 unspecified atom stereocenters. The fourth-order valence-electron chi connectivity index (χ4n) is 1.33. The summed E-state index contributed by atoms with van der Waals surface area (Å²) >= 11 is 7.32. The smallest absolute Gasteiger partial charge is 0.217 e. The van der Waals surface area contributed by atoms with Crippen molar-refractivity contribution in [1.82, 2.24) is 0 Å². The van der Waals surface area contributed by atoms with Gasteiger partial charge in [-0.15, -0.1) is 11.3 Å². The van der Waals surface area contributed by atoms with Crippen molar-refractivity contribution in [3.63, 3.8) is 0 Å². The van der Waals surface area contributed by atoms with Gasteiger partial charge in [-0.3, -0.25) is 4.79 Å². The van der Waals surface area contributed by atoms with Crippen LogP contribution in [0.2, 0.25) is 4.34 Å². The van der Waals surface area contributed by atoms with Crippen LogP contribution in [-0.2, 0) is 4.79 Å². The van der Waals surface area contributed by atoms with Crippen molar-refractivity contribution in [3.05, 3.63) is 21.3 Å². The molecule has 4 N–H and O–H groups in total. The van der Waals surface area contributed by atoms with Gasteiger partial charge in [-0.25, -0.2) is 0 Å². The lowest BCUT2D eigenvalue weighted by Gasteiger charge is -2.08. The van der Waals surface area contributed by atoms with E-state index in [2.05, 4.69) is 0 Å². The van der Waals surface area contributed by atoms with Gasteiger partial charge in [0.25, 0.3) is 0 Å². The third-order valence-corrected chi connectivity index (χ3v) is 3.51. The Kier molecular flexibility index (Phi) is 5.08. The van der Waals surface area contributed by atoms with Gasteiger partial charge in [0.15, 0.2) is 0 Å². The highest BCUT2D eigenvalue weighted by Gasteiger charge is 2.08. The summed E-state index contributed by atoms with van der Waals surface area (Å²) in [5.41, 5.74) is 11.0. The van der Waals surface area contributed by atoms with Crippen LogP contribution in [0.25, 0.3) is 0 Å². The summed E-state index contributed by atoms with van der Waals surface area (Å²) in [7, 11) is 0. The fourth-order valence-corrected chi connectivity index (χ4v) is 2.43. The molecular weight excluding hydrogens is 232 g/mol. The van der Waals surface area contributed by atoms with Crippen molar-refractivity contribution >= 4 is 28.8 Å². The van der Waals surface area contributed by atoms with Gasteiger partial charge in [-0.2, -0.15) is 0 Å². The van der Waals surface area contributed by atoms with Gasteiger partial charge < -0.3 is 11.5 Å². The molecule has 84 valence electrons. The largest absolute Gasteiger partial charge is 0.370 e. The Bertz CT molecular complexity index is 327. The SMILES string of the molecule is NC(=O)CCCCC(N)c1ccc(Cl)s1. The number of hydrogen-bond donors (Lipinski definition) is 2. The van der Waals surface area contributed by atoms with Crippen molar-refractivity contribution in [2.24, 2.45) is 11.5 Å². The van der Waals surface area contributed by atoms with E-state index in [0.29, 0.717) is 6.42 Å². The Labute approximate surface area is 98.4 Å². The highest BCUT2D eigenvalue weighted by atomic mass is 35.5. The molecular formula is C10H15ClN2OS. The lowest BCUT2D eigenvalue weighted by Crippen LogP contribution is -2.11. The molecule has 0 fully saturated rings. The maximum Gasteiger partial charge on any atom is 0.217 e. The summed E-state index contributed by atoms with van der Waals surface area (Å²) in [6, 6.07) is 3.83. The van der Waals surface area contributed by atoms with Gasteiger partial charge >= 0.3 is 0 Å². The van der Waals surface area contributed by atoms with Crippen LogP contribution in [0.5, 0.6) is 0 Å². The standard InChI is InChI=1S/C10H15ClN2OS/c11-9-6-5-8(15-9)7(12)3-1-2-4-10(13)14/h5-7H,1-4,12H2,(H2,13,14). The molecule has 1 atom stereocenters. The topological polar surface area (TPSA) is 69.1 Å². The minimum Gasteiger partial charge on any atom is -0.370 e. The highest BCUT2D eigenvalue weighted by Crippen LogP contribution is 2.28. The molecule has 0 bridgehead atoms. The van der Waals surface area contributed by atoms with Crippen molar-refractivity contribution < 1.29 is 4.79 Å². The van der Waals surface area contributed by atoms with Crippen LogP contribution in [-0.4, -0.2) is 5.91 Å². The molecule has 1 heterocycles. The zero-order valence-corrected chi connectivity index (χ0v) is 9.98. The number of primary amides is 1. The van der Waals surface area contributed by atoms with Crippen molar-refractivity contribution in [2.75, 3.05) is 0 Å². The molecule has 1 aromatic heterocycles. The number of amides is 1. The average molecular weight is 247 g/mol. The van der Waals surface area contributed by atoms with Gasteiger partial charge in [0.1, 0.15) is 0 Å². The molecule has 0 aliphatic rings. The minimum atomic E-state index is -0.247. The van der Waals surface area contributed by atoms with E-state index in [1.807, 2.05) is 12.1 Å². The normalized spacial score (nSPS) is 12.7. The van der Waals surface area contributed by atoms with E-state index in [-0.39, 0.29) is 11.9 Å². The highest BCUT2D eigenvalue weighted by molar-refractivity contribution is 7.16. The second kappa shape index (κ2) is 6.10. The lowest BCUT2D eigenvalue weighted by atomic mass is 10.1. The summed E-state index contributed by atoms with van der Waals surface area (Å²) in [5, 5.41) is 0. The fraction of sp³-hybridized carbons (Fsp3) is 0.500. The van der Waals surface area contributed by atoms with E-state index in [1.54, 1.807) is 0 Å². The van der Waals surface area contributed by atoms with Gasteiger partial charge in [0, 0.05) is 17.3 Å². The molecule has 0 aromatic carbocycles. The van der Waals surface area contributed by atoms with Crippen LogP contribution in [0.15, 0.2) is 12.1 Å². The van der Waals surface area contributed by atoms with E-state index in [4.69, 9.17) is 23.1 Å². The van der Waals surface area contributed by atoms with Crippen molar-refractivity contribution in [2.45, 2.75) is 31.7 Å². The Morgan fingerprint density at radius 3 is 2.73 bits per heavy atom. The monoisotopic (exact) mass is 246 g/mol. The summed E-state index contributed by atoms with van der Waals surface area (Å²) in [5.74, 6) is -0.247. The number of hydrogen-bond acceptors (Lipinski definition) is 3. The predicted octanol–water partition coefficient (Wildman–Crippen LogP) is 2.45. The van der Waals surface area contributed by atoms with Crippen molar-refractivity contribution in [3.8, 4) is 0 Å². The van der Waals surface area contributed by atoms with Gasteiger partial charge in [0.05, 0.1) is 4.34 Å². The van der Waals surface area contributed by atoms with E-state index in [1.165, 1.54) is 11.3 Å². The molecule has 0 saturated heterocycles. The third kappa shape index (κ3) is 4.64. The Morgan fingerprint density at radius 2 is 2.20 bits per heavy atom. The number of carbonyl (C=O) groups excluding carboxylic acids is 1. The first kappa shape index (κ1) is 12.5. The number of rotatable bonds is 6. The first-order chi connectivity index (χ1) is 7.09. The zero-order valence-electron chi connectivity index (χ0n) is 8.41. The second-order valence-electron chi connectivity index (χ2n) is 3.46. The van der Waals surface area contributed by atoms with Gasteiger partial charge in [0.2, 0.25) is 5.91 Å². The molecule has 1 rings (SSSR count). The number of halogens is 1. The maximum absolute atomic E-state index is 10.5. The van der Waals surface area contributed by atoms with Crippen molar-refractivity contribution in [1.29, 1.82) is 0 Å². The second-order valence-corrected chi connectivity index (χ2v) is 5.21. The Morgan fingerprint density at radius 1 is 1.47 bits per heavy atom. The number of nitrogens with two attached hydrogens (primary N) is 2. The number of thiophene rings is 1. The molecule has 0 aliphatic heterocycles. The van der Waals surface area contributed by atoms with Crippen LogP contribution in [0, 0.1) is 0 Å². The summed E-state index contributed by atoms with van der Waals surface area (Å²) in [6.07, 6.45) is 3.03. The van der Waals surface area contributed by atoms with Gasteiger partial charge in [-0.05, 0) is 25.0 Å². The molecule has 0 saturated carbocycles. The predicted molar refractivity (Wildman–Crippen MR) is 63.9 cm³/mol. The molecule has 5 heteroatoms. The zero-order chi connectivity index (χ0) is 11.3. The van der Waals surface area contributed by atoms with Crippen LogP contribution in [0.1, 0.15) is 36.6 Å². The molecule has 0 spiro atoms. The quantitative estimate of drug-likeness (QED) is 0.757. The third-order valence-electron chi connectivity index (χ3n) is 2.15. The molecule has 3 nitrogen and oxygen atoms in total. The maximum atomic E-state index is 10.5. The van der Waals surface area contributed by atoms with Gasteiger partial charge in [-0.1, -0.05) is 18.0 Å². The summed E-state index contributed by atoms with van der Waals surface area (Å²) < 4.78 is 0.762. The summed E-state index contributed by atoms with van der Waals surface area (Å²) in [4.78, 5) is 11.6. The van der Waals surface area contributed by atoms with Crippen LogP contribution in [0.4, 0.5) is 0 Å². The minimum absolute atomic E-state index is 0.0235. The van der Waals surface area contributed by atoms with Crippen LogP contribution in [0.3, 0.4) is 0 Å².